The molecule has 0 saturated heterocycles. The van der Waals surface area contributed by atoms with Crippen molar-refractivity contribution in [3.8, 4) is 5.75 Å². The summed E-state index contributed by atoms with van der Waals surface area (Å²) in [5, 5.41) is 7.43. The van der Waals surface area contributed by atoms with E-state index in [4.69, 9.17) is 9.47 Å². The number of esters is 1. The highest BCUT2D eigenvalue weighted by molar-refractivity contribution is 5.92. The first kappa shape index (κ1) is 18.7. The maximum Gasteiger partial charge on any atom is 0.338 e. The van der Waals surface area contributed by atoms with Crippen LogP contribution in [-0.2, 0) is 16.1 Å². The zero-order valence-electron chi connectivity index (χ0n) is 16.3. The quantitative estimate of drug-likeness (QED) is 0.647. The Morgan fingerprint density at radius 2 is 1.90 bits per heavy atom. The van der Waals surface area contributed by atoms with Crippen LogP contribution in [0, 0.1) is 0 Å². The topological polar surface area (TPSA) is 78.3 Å². The zero-order chi connectivity index (χ0) is 20.2. The smallest absolute Gasteiger partial charge is 0.338 e. The number of carbonyl (C=O) groups is 1. The minimum absolute atomic E-state index is 0.304. The number of fused-ring (bicyclic) bond motifs is 1. The Kier molecular flexibility index (Phi) is 5.29. The van der Waals surface area contributed by atoms with E-state index < -0.39 is 6.04 Å². The SMILES string of the molecule is CCOC(=O)C1=C(C)Nc2ncnn2C1c1ccc(OCc2ccccc2)cc1. The van der Waals surface area contributed by atoms with E-state index in [0.29, 0.717) is 30.4 Å². The Balaban J connectivity index is 1.60. The number of aromatic nitrogens is 3. The van der Waals surface area contributed by atoms with Crippen molar-refractivity contribution in [1.82, 2.24) is 14.8 Å². The number of benzene rings is 2. The Morgan fingerprint density at radius 1 is 1.14 bits per heavy atom. The Bertz CT molecular complexity index is 1030. The van der Waals surface area contributed by atoms with Crippen LogP contribution in [0.25, 0.3) is 0 Å². The number of carbonyl (C=O) groups excluding carboxylic acids is 1. The van der Waals surface area contributed by atoms with Crippen LogP contribution >= 0.6 is 0 Å². The van der Waals surface area contributed by atoms with Crippen LogP contribution in [0.15, 0.2) is 72.2 Å². The van der Waals surface area contributed by atoms with Crippen molar-refractivity contribution in [3.63, 3.8) is 0 Å². The van der Waals surface area contributed by atoms with Crippen molar-refractivity contribution >= 4 is 11.9 Å². The number of allylic oxidation sites excluding steroid dienone is 1. The fourth-order valence-electron chi connectivity index (χ4n) is 3.36. The molecule has 7 nitrogen and oxygen atoms in total. The summed E-state index contributed by atoms with van der Waals surface area (Å²) in [4.78, 5) is 16.9. The normalized spacial score (nSPS) is 15.4. The summed E-state index contributed by atoms with van der Waals surface area (Å²) in [5.41, 5.74) is 3.22. The van der Waals surface area contributed by atoms with Gasteiger partial charge in [0, 0.05) is 5.70 Å². The van der Waals surface area contributed by atoms with E-state index in [1.165, 1.54) is 6.33 Å². The van der Waals surface area contributed by atoms with Gasteiger partial charge in [-0.2, -0.15) is 10.1 Å². The summed E-state index contributed by atoms with van der Waals surface area (Å²) in [6.45, 7) is 4.43. The molecule has 3 aromatic rings. The second kappa shape index (κ2) is 8.18. The third kappa shape index (κ3) is 3.85. The van der Waals surface area contributed by atoms with E-state index in [9.17, 15) is 4.79 Å². The maximum absolute atomic E-state index is 12.6. The molecule has 29 heavy (non-hydrogen) atoms. The first-order chi connectivity index (χ1) is 14.2. The lowest BCUT2D eigenvalue weighted by atomic mass is 9.96. The molecule has 1 N–H and O–H groups in total. The molecule has 1 atom stereocenters. The standard InChI is InChI=1S/C22H22N4O3/c1-3-28-21(27)19-15(2)25-22-23-14-24-26(22)20(19)17-9-11-18(12-10-17)29-13-16-7-5-4-6-8-16/h4-12,14,20H,3,13H2,1-2H3,(H,23,24,25). The largest absolute Gasteiger partial charge is 0.489 e. The number of nitrogens with one attached hydrogen (secondary N) is 1. The zero-order valence-corrected chi connectivity index (χ0v) is 16.3. The number of hydrogen-bond acceptors (Lipinski definition) is 6. The van der Waals surface area contributed by atoms with Crippen molar-refractivity contribution in [2.45, 2.75) is 26.5 Å². The van der Waals surface area contributed by atoms with E-state index in [2.05, 4.69) is 15.4 Å². The molecule has 1 aliphatic rings. The minimum atomic E-state index is -0.420. The molecular formula is C22H22N4O3. The third-order valence-electron chi connectivity index (χ3n) is 4.73. The Morgan fingerprint density at radius 3 is 2.62 bits per heavy atom. The van der Waals surface area contributed by atoms with Gasteiger partial charge in [0.1, 0.15) is 24.7 Å². The Labute approximate surface area is 169 Å². The molecule has 0 spiro atoms. The van der Waals surface area contributed by atoms with Gasteiger partial charge < -0.3 is 14.8 Å². The van der Waals surface area contributed by atoms with Gasteiger partial charge in [-0.3, -0.25) is 0 Å². The summed E-state index contributed by atoms with van der Waals surface area (Å²) in [6.07, 6.45) is 1.47. The van der Waals surface area contributed by atoms with Crippen LogP contribution in [0.4, 0.5) is 5.95 Å². The van der Waals surface area contributed by atoms with Gasteiger partial charge in [0.2, 0.25) is 5.95 Å². The van der Waals surface area contributed by atoms with Crippen LogP contribution in [-0.4, -0.2) is 27.3 Å². The van der Waals surface area contributed by atoms with E-state index >= 15 is 0 Å². The van der Waals surface area contributed by atoms with E-state index in [1.54, 1.807) is 11.6 Å². The van der Waals surface area contributed by atoms with Crippen LogP contribution < -0.4 is 10.1 Å². The van der Waals surface area contributed by atoms with Crippen LogP contribution in [0.3, 0.4) is 0 Å². The van der Waals surface area contributed by atoms with E-state index in [-0.39, 0.29) is 5.97 Å². The lowest BCUT2D eigenvalue weighted by molar-refractivity contribution is -0.139. The van der Waals surface area contributed by atoms with Crippen molar-refractivity contribution < 1.29 is 14.3 Å². The van der Waals surface area contributed by atoms with Crippen molar-refractivity contribution in [2.24, 2.45) is 0 Å². The molecule has 0 saturated carbocycles. The van der Waals surface area contributed by atoms with Crippen LogP contribution in [0.1, 0.15) is 31.0 Å². The summed E-state index contributed by atoms with van der Waals surface area (Å²) >= 11 is 0. The molecule has 1 aliphatic heterocycles. The average molecular weight is 390 g/mol. The monoisotopic (exact) mass is 390 g/mol. The molecule has 4 rings (SSSR count). The summed E-state index contributed by atoms with van der Waals surface area (Å²) < 4.78 is 12.8. The first-order valence-electron chi connectivity index (χ1n) is 9.48. The molecular weight excluding hydrogens is 368 g/mol. The lowest BCUT2D eigenvalue weighted by Crippen LogP contribution is -2.29. The molecule has 148 valence electrons. The summed E-state index contributed by atoms with van der Waals surface area (Å²) in [5.74, 6) is 0.974. The molecule has 1 aromatic heterocycles. The molecule has 1 unspecified atom stereocenters. The second-order valence-corrected chi connectivity index (χ2v) is 6.66. The van der Waals surface area contributed by atoms with Crippen molar-refractivity contribution in [1.29, 1.82) is 0 Å². The fourth-order valence-corrected chi connectivity index (χ4v) is 3.36. The number of rotatable bonds is 6. The number of hydrogen-bond donors (Lipinski definition) is 1. The van der Waals surface area contributed by atoms with Crippen molar-refractivity contribution in [2.75, 3.05) is 11.9 Å². The molecule has 0 amide bonds. The van der Waals surface area contributed by atoms with Gasteiger partial charge in [-0.1, -0.05) is 42.5 Å². The lowest BCUT2D eigenvalue weighted by Gasteiger charge is -2.28. The molecule has 2 aromatic carbocycles. The highest BCUT2D eigenvalue weighted by Gasteiger charge is 2.34. The number of ether oxygens (including phenoxy) is 2. The molecule has 0 radical (unpaired) electrons. The molecule has 0 bridgehead atoms. The van der Waals surface area contributed by atoms with Gasteiger partial charge in [0.15, 0.2) is 0 Å². The van der Waals surface area contributed by atoms with Crippen molar-refractivity contribution in [3.05, 3.63) is 83.3 Å². The maximum atomic E-state index is 12.6. The molecule has 0 aliphatic carbocycles. The van der Waals surface area contributed by atoms with Crippen LogP contribution in [0.5, 0.6) is 5.75 Å². The highest BCUT2D eigenvalue weighted by atomic mass is 16.5. The van der Waals surface area contributed by atoms with E-state index in [1.807, 2.05) is 61.5 Å². The van der Waals surface area contributed by atoms with Gasteiger partial charge in [0.25, 0.3) is 0 Å². The summed E-state index contributed by atoms with van der Waals surface area (Å²) in [6, 6.07) is 17.2. The predicted molar refractivity (Wildman–Crippen MR) is 108 cm³/mol. The molecule has 2 heterocycles. The first-order valence-corrected chi connectivity index (χ1v) is 9.48. The third-order valence-corrected chi connectivity index (χ3v) is 4.73. The van der Waals surface area contributed by atoms with Gasteiger partial charge >= 0.3 is 5.97 Å². The molecule has 7 heteroatoms. The minimum Gasteiger partial charge on any atom is -0.489 e. The van der Waals surface area contributed by atoms with Gasteiger partial charge in [-0.25, -0.2) is 9.48 Å². The predicted octanol–water partition coefficient (Wildman–Crippen LogP) is 3.71. The van der Waals surface area contributed by atoms with E-state index in [0.717, 1.165) is 16.9 Å². The van der Waals surface area contributed by atoms with Crippen LogP contribution in [0.2, 0.25) is 0 Å². The van der Waals surface area contributed by atoms with Gasteiger partial charge in [-0.15, -0.1) is 0 Å². The second-order valence-electron chi connectivity index (χ2n) is 6.66. The summed E-state index contributed by atoms with van der Waals surface area (Å²) in [7, 11) is 0. The number of nitrogens with zero attached hydrogens (tertiary/aromatic N) is 3. The fraction of sp³-hybridized carbons (Fsp3) is 0.227. The van der Waals surface area contributed by atoms with Gasteiger partial charge in [-0.05, 0) is 37.1 Å². The highest BCUT2D eigenvalue weighted by Crippen LogP contribution is 2.35. The van der Waals surface area contributed by atoms with Gasteiger partial charge in [0.05, 0.1) is 12.2 Å². The number of anilines is 1. The Hall–Kier alpha value is -3.61. The average Bonchev–Trinajstić information content (AvgIpc) is 3.20. The molecule has 0 fully saturated rings.